The van der Waals surface area contributed by atoms with Crippen LogP contribution in [0.2, 0.25) is 0 Å². The Balaban J connectivity index is 1.62. The monoisotopic (exact) mass is 344 g/mol. The highest BCUT2D eigenvalue weighted by Gasteiger charge is 2.23. The molecule has 134 valence electrons. The number of hydrogen-bond donors (Lipinski definition) is 2. The van der Waals surface area contributed by atoms with Gasteiger partial charge in [-0.15, -0.1) is 0 Å². The van der Waals surface area contributed by atoms with E-state index in [2.05, 4.69) is 15.7 Å². The molecular formula is C18H24N4O3. The molecule has 0 radical (unpaired) electrons. The molecular weight excluding hydrogens is 320 g/mol. The van der Waals surface area contributed by atoms with Crippen LogP contribution in [0.3, 0.4) is 0 Å². The quantitative estimate of drug-likeness (QED) is 0.897. The average molecular weight is 344 g/mol. The van der Waals surface area contributed by atoms with Crippen LogP contribution in [-0.2, 0) is 12.0 Å². The number of benzene rings is 1. The van der Waals surface area contributed by atoms with E-state index in [-0.39, 0.29) is 17.6 Å². The number of methoxy groups -OCH3 is 1. The zero-order valence-electron chi connectivity index (χ0n) is 15.0. The number of anilines is 1. The molecule has 1 aliphatic rings. The summed E-state index contributed by atoms with van der Waals surface area (Å²) in [7, 11) is 1.63. The molecule has 0 saturated heterocycles. The Labute approximate surface area is 147 Å². The van der Waals surface area contributed by atoms with Gasteiger partial charge >= 0.3 is 6.03 Å². The molecule has 0 bridgehead atoms. The number of nitrogens with zero attached hydrogens (tertiary/aromatic N) is 2. The van der Waals surface area contributed by atoms with Gasteiger partial charge in [-0.1, -0.05) is 6.07 Å². The van der Waals surface area contributed by atoms with Gasteiger partial charge in [0, 0.05) is 12.1 Å². The summed E-state index contributed by atoms with van der Waals surface area (Å²) >= 11 is 0. The van der Waals surface area contributed by atoms with E-state index in [1.807, 2.05) is 39.0 Å². The minimum atomic E-state index is -0.267. The van der Waals surface area contributed by atoms with E-state index in [1.54, 1.807) is 24.1 Å². The first kappa shape index (κ1) is 17.1. The molecule has 7 heteroatoms. The molecule has 0 unspecified atom stereocenters. The number of aromatic nitrogens is 2. The third kappa shape index (κ3) is 3.87. The van der Waals surface area contributed by atoms with Crippen molar-refractivity contribution < 1.29 is 14.3 Å². The van der Waals surface area contributed by atoms with Crippen LogP contribution in [0.15, 0.2) is 30.5 Å². The van der Waals surface area contributed by atoms with Crippen LogP contribution in [0.4, 0.5) is 10.6 Å². The van der Waals surface area contributed by atoms with Crippen LogP contribution in [0, 0.1) is 0 Å². The molecule has 1 aliphatic heterocycles. The number of hydrogen-bond acceptors (Lipinski definition) is 4. The normalized spacial score (nSPS) is 16.6. The van der Waals surface area contributed by atoms with E-state index >= 15 is 0 Å². The van der Waals surface area contributed by atoms with Crippen molar-refractivity contribution >= 4 is 11.8 Å². The molecule has 1 aromatic heterocycles. The molecule has 2 aromatic rings. The van der Waals surface area contributed by atoms with Gasteiger partial charge in [-0.25, -0.2) is 9.48 Å². The summed E-state index contributed by atoms with van der Waals surface area (Å²) in [4.78, 5) is 12.3. The van der Waals surface area contributed by atoms with E-state index in [4.69, 9.17) is 9.47 Å². The summed E-state index contributed by atoms with van der Waals surface area (Å²) < 4.78 is 12.7. The Morgan fingerprint density at radius 2 is 2.16 bits per heavy atom. The summed E-state index contributed by atoms with van der Waals surface area (Å²) in [6, 6.07) is 7.15. The molecule has 2 amide bonds. The Bertz CT molecular complexity index is 764. The van der Waals surface area contributed by atoms with Gasteiger partial charge in [-0.3, -0.25) is 5.32 Å². The number of urea groups is 1. The van der Waals surface area contributed by atoms with Crippen LogP contribution in [0.25, 0.3) is 0 Å². The van der Waals surface area contributed by atoms with Gasteiger partial charge in [0.15, 0.2) is 0 Å². The molecule has 2 N–H and O–H groups in total. The van der Waals surface area contributed by atoms with Crippen LogP contribution in [0.5, 0.6) is 11.5 Å². The highest BCUT2D eigenvalue weighted by molar-refractivity contribution is 5.88. The van der Waals surface area contributed by atoms with Crippen LogP contribution >= 0.6 is 0 Å². The first-order chi connectivity index (χ1) is 11.9. The molecule has 7 nitrogen and oxygen atoms in total. The molecule has 3 rings (SSSR count). The van der Waals surface area contributed by atoms with Crippen LogP contribution in [-0.4, -0.2) is 35.6 Å². The zero-order valence-corrected chi connectivity index (χ0v) is 15.0. The van der Waals surface area contributed by atoms with Crippen molar-refractivity contribution in [1.82, 2.24) is 15.1 Å². The molecule has 0 saturated carbocycles. The molecule has 1 atom stereocenters. The second-order valence-electron chi connectivity index (χ2n) is 7.08. The summed E-state index contributed by atoms with van der Waals surface area (Å²) in [6.45, 7) is 6.52. The lowest BCUT2D eigenvalue weighted by atomic mass is 10.0. The maximum Gasteiger partial charge on any atom is 0.320 e. The molecule has 0 aliphatic carbocycles. The van der Waals surface area contributed by atoms with Gasteiger partial charge in [-0.2, -0.15) is 5.10 Å². The molecule has 0 fully saturated rings. The molecule has 1 aromatic carbocycles. The first-order valence-electron chi connectivity index (χ1n) is 8.28. The van der Waals surface area contributed by atoms with Crippen molar-refractivity contribution in [2.75, 3.05) is 19.0 Å². The van der Waals surface area contributed by atoms with E-state index in [0.29, 0.717) is 18.8 Å². The fourth-order valence-corrected chi connectivity index (χ4v) is 2.84. The maximum atomic E-state index is 12.3. The largest absolute Gasteiger partial charge is 0.497 e. The third-order valence-electron chi connectivity index (χ3n) is 4.04. The number of rotatable bonds is 3. The third-order valence-corrected chi connectivity index (χ3v) is 4.04. The van der Waals surface area contributed by atoms with Crippen molar-refractivity contribution in [3.8, 4) is 11.5 Å². The van der Waals surface area contributed by atoms with Crippen molar-refractivity contribution in [2.45, 2.75) is 38.8 Å². The highest BCUT2D eigenvalue weighted by atomic mass is 16.5. The Hall–Kier alpha value is -2.70. The summed E-state index contributed by atoms with van der Waals surface area (Å²) in [5.41, 5.74) is 0.843. The van der Waals surface area contributed by atoms with Crippen molar-refractivity contribution in [2.24, 2.45) is 0 Å². The van der Waals surface area contributed by atoms with Crippen LogP contribution < -0.4 is 20.1 Å². The van der Waals surface area contributed by atoms with Crippen molar-refractivity contribution in [1.29, 1.82) is 0 Å². The van der Waals surface area contributed by atoms with E-state index in [0.717, 1.165) is 17.1 Å². The fraction of sp³-hybridized carbons (Fsp3) is 0.444. The number of nitrogens with one attached hydrogen (secondary N) is 2. The first-order valence-corrected chi connectivity index (χ1v) is 8.28. The molecule has 25 heavy (non-hydrogen) atoms. The lowest BCUT2D eigenvalue weighted by Gasteiger charge is -2.27. The number of ether oxygens (including phenoxy) is 2. The standard InChI is InChI=1S/C18H24N4O3/c1-18(2,3)22-16(7-8-19-22)21-17(23)20-13-9-12-5-6-14(24-4)10-15(12)25-11-13/h5-8,10,13H,9,11H2,1-4H3,(H2,20,21,23)/t13-/m1/s1. The number of fused-ring (bicyclic) bond motifs is 1. The van der Waals surface area contributed by atoms with Gasteiger partial charge in [0.2, 0.25) is 0 Å². The van der Waals surface area contributed by atoms with E-state index in [9.17, 15) is 4.79 Å². The maximum absolute atomic E-state index is 12.3. The van der Waals surface area contributed by atoms with Gasteiger partial charge in [0.1, 0.15) is 23.9 Å². The summed E-state index contributed by atoms with van der Waals surface area (Å²) in [5.74, 6) is 2.23. The van der Waals surface area contributed by atoms with Crippen molar-refractivity contribution in [3.63, 3.8) is 0 Å². The summed E-state index contributed by atoms with van der Waals surface area (Å²) in [5, 5.41) is 10.1. The van der Waals surface area contributed by atoms with Gasteiger partial charge in [0.25, 0.3) is 0 Å². The predicted molar refractivity (Wildman–Crippen MR) is 95.4 cm³/mol. The lowest BCUT2D eigenvalue weighted by Crippen LogP contribution is -2.45. The topological polar surface area (TPSA) is 77.4 Å². The molecule has 0 spiro atoms. The van der Waals surface area contributed by atoms with E-state index in [1.165, 1.54) is 0 Å². The SMILES string of the molecule is COc1ccc2c(c1)OC[C@H](NC(=O)Nc1ccnn1C(C)(C)C)C2. The predicted octanol–water partition coefficient (Wildman–Crippen LogP) is 2.77. The fourth-order valence-electron chi connectivity index (χ4n) is 2.84. The van der Waals surface area contributed by atoms with E-state index < -0.39 is 0 Å². The van der Waals surface area contributed by atoms with Gasteiger partial charge in [-0.05, 0) is 38.8 Å². The Morgan fingerprint density at radius 1 is 1.36 bits per heavy atom. The smallest absolute Gasteiger partial charge is 0.320 e. The number of amides is 2. The zero-order chi connectivity index (χ0) is 18.0. The van der Waals surface area contributed by atoms with Gasteiger partial charge in [0.05, 0.1) is 24.9 Å². The Morgan fingerprint density at radius 3 is 2.88 bits per heavy atom. The number of carbonyl (C=O) groups is 1. The lowest BCUT2D eigenvalue weighted by molar-refractivity contribution is 0.221. The second kappa shape index (κ2) is 6.66. The van der Waals surface area contributed by atoms with Crippen molar-refractivity contribution in [3.05, 3.63) is 36.0 Å². The highest BCUT2D eigenvalue weighted by Crippen LogP contribution is 2.29. The van der Waals surface area contributed by atoms with Gasteiger partial charge < -0.3 is 14.8 Å². The second-order valence-corrected chi connectivity index (χ2v) is 7.08. The minimum absolute atomic E-state index is 0.0908. The number of carbonyl (C=O) groups excluding carboxylic acids is 1. The average Bonchev–Trinajstić information content (AvgIpc) is 3.02. The minimum Gasteiger partial charge on any atom is -0.497 e. The summed E-state index contributed by atoms with van der Waals surface area (Å²) in [6.07, 6.45) is 2.39. The molecule has 2 heterocycles. The Kier molecular flexibility index (Phi) is 4.57. The van der Waals surface area contributed by atoms with Crippen LogP contribution in [0.1, 0.15) is 26.3 Å².